The number of aromatic nitrogens is 1. The van der Waals surface area contributed by atoms with Crippen molar-refractivity contribution >= 4 is 50.2 Å². The van der Waals surface area contributed by atoms with Crippen LogP contribution in [0.1, 0.15) is 5.69 Å². The molecule has 0 fully saturated rings. The van der Waals surface area contributed by atoms with Crippen LogP contribution >= 0.6 is 22.9 Å². The van der Waals surface area contributed by atoms with Gasteiger partial charge in [-0.15, -0.1) is 11.3 Å². The Hall–Kier alpha value is -2.42. The fourth-order valence-corrected chi connectivity index (χ4v) is 4.09. The number of anilines is 2. The number of carbonyl (C=O) groups is 1. The van der Waals surface area contributed by atoms with Gasteiger partial charge in [0.1, 0.15) is 5.01 Å². The van der Waals surface area contributed by atoms with Crippen molar-refractivity contribution in [2.24, 2.45) is 0 Å². The fraction of sp³-hybridized carbons (Fsp3) is 0.111. The third-order valence-electron chi connectivity index (χ3n) is 3.45. The summed E-state index contributed by atoms with van der Waals surface area (Å²) in [6, 6.07) is 13.9. The molecule has 0 unspecified atom stereocenters. The van der Waals surface area contributed by atoms with Crippen molar-refractivity contribution in [3.8, 4) is 10.6 Å². The Balaban J connectivity index is 1.67. The zero-order valence-corrected chi connectivity index (χ0v) is 16.7. The first-order chi connectivity index (χ1) is 12.8. The standard InChI is InChI=1S/C18H16ClN3O3S2/c1-27(24,25)22-13-6-4-5-12(9-13)20-17(23)10-14-11-26-18(21-14)15-7-2-3-8-16(15)19/h2-9,11,22H,10H2,1H3,(H,20,23). The lowest BCUT2D eigenvalue weighted by Crippen LogP contribution is -2.15. The molecule has 0 aliphatic heterocycles. The number of halogens is 1. The van der Waals surface area contributed by atoms with E-state index in [2.05, 4.69) is 15.0 Å². The Morgan fingerprint density at radius 1 is 1.15 bits per heavy atom. The van der Waals surface area contributed by atoms with Gasteiger partial charge in [0, 0.05) is 16.6 Å². The molecule has 0 radical (unpaired) electrons. The van der Waals surface area contributed by atoms with Crippen molar-refractivity contribution in [3.05, 3.63) is 64.6 Å². The van der Waals surface area contributed by atoms with Gasteiger partial charge in [-0.05, 0) is 24.3 Å². The second kappa shape index (κ2) is 8.08. The van der Waals surface area contributed by atoms with E-state index in [-0.39, 0.29) is 12.3 Å². The average Bonchev–Trinajstić information content (AvgIpc) is 3.02. The van der Waals surface area contributed by atoms with E-state index in [0.29, 0.717) is 22.1 Å². The van der Waals surface area contributed by atoms with Crippen molar-refractivity contribution in [2.45, 2.75) is 6.42 Å². The summed E-state index contributed by atoms with van der Waals surface area (Å²) in [6.45, 7) is 0. The summed E-state index contributed by atoms with van der Waals surface area (Å²) in [7, 11) is -3.38. The predicted octanol–water partition coefficient (Wildman–Crippen LogP) is 4.02. The summed E-state index contributed by atoms with van der Waals surface area (Å²) in [5.74, 6) is -0.248. The number of nitrogens with one attached hydrogen (secondary N) is 2. The van der Waals surface area contributed by atoms with Gasteiger partial charge in [0.15, 0.2) is 0 Å². The van der Waals surface area contributed by atoms with Gasteiger partial charge in [0.25, 0.3) is 0 Å². The monoisotopic (exact) mass is 421 g/mol. The molecule has 27 heavy (non-hydrogen) atoms. The van der Waals surface area contributed by atoms with Crippen LogP contribution in [-0.2, 0) is 21.2 Å². The third kappa shape index (κ3) is 5.53. The van der Waals surface area contributed by atoms with Gasteiger partial charge in [-0.25, -0.2) is 13.4 Å². The van der Waals surface area contributed by atoms with Crippen molar-refractivity contribution in [3.63, 3.8) is 0 Å². The number of rotatable bonds is 6. The molecule has 1 amide bonds. The van der Waals surface area contributed by atoms with Crippen LogP contribution in [0, 0.1) is 0 Å². The molecule has 140 valence electrons. The quantitative estimate of drug-likeness (QED) is 0.629. The maximum absolute atomic E-state index is 12.3. The predicted molar refractivity (Wildman–Crippen MR) is 110 cm³/mol. The van der Waals surface area contributed by atoms with E-state index in [1.807, 2.05) is 23.6 Å². The summed E-state index contributed by atoms with van der Waals surface area (Å²) in [5, 5.41) is 5.92. The molecule has 0 saturated heterocycles. The topological polar surface area (TPSA) is 88.2 Å². The van der Waals surface area contributed by atoms with E-state index >= 15 is 0 Å². The number of nitrogens with zero attached hydrogens (tertiary/aromatic N) is 1. The number of hydrogen-bond acceptors (Lipinski definition) is 5. The molecule has 0 spiro atoms. The Bertz CT molecular complexity index is 1080. The second-order valence-corrected chi connectivity index (χ2v) is 8.82. The number of sulfonamides is 1. The lowest BCUT2D eigenvalue weighted by Gasteiger charge is -2.08. The summed E-state index contributed by atoms with van der Waals surface area (Å²) in [4.78, 5) is 16.8. The molecule has 1 heterocycles. The highest BCUT2D eigenvalue weighted by atomic mass is 35.5. The number of thiazole rings is 1. The summed E-state index contributed by atoms with van der Waals surface area (Å²) in [5.41, 5.74) is 2.34. The zero-order chi connectivity index (χ0) is 19.4. The molecule has 9 heteroatoms. The van der Waals surface area contributed by atoms with Gasteiger partial charge in [-0.2, -0.15) is 0 Å². The SMILES string of the molecule is CS(=O)(=O)Nc1cccc(NC(=O)Cc2csc(-c3ccccc3Cl)n2)c1. The molecule has 0 bridgehead atoms. The molecule has 3 rings (SSSR count). The summed E-state index contributed by atoms with van der Waals surface area (Å²) >= 11 is 7.60. The van der Waals surface area contributed by atoms with Crippen LogP contribution in [0.2, 0.25) is 5.02 Å². The van der Waals surface area contributed by atoms with Crippen LogP contribution in [0.3, 0.4) is 0 Å². The first kappa shape index (κ1) is 19.3. The number of hydrogen-bond donors (Lipinski definition) is 2. The lowest BCUT2D eigenvalue weighted by molar-refractivity contribution is -0.115. The maximum Gasteiger partial charge on any atom is 0.230 e. The highest BCUT2D eigenvalue weighted by Gasteiger charge is 2.12. The van der Waals surface area contributed by atoms with E-state index < -0.39 is 10.0 Å². The number of carbonyl (C=O) groups excluding carboxylic acids is 1. The molecule has 0 saturated carbocycles. The van der Waals surface area contributed by atoms with Gasteiger partial charge in [0.2, 0.25) is 15.9 Å². The minimum absolute atomic E-state index is 0.102. The van der Waals surface area contributed by atoms with Gasteiger partial charge in [0.05, 0.1) is 29.1 Å². The van der Waals surface area contributed by atoms with Gasteiger partial charge in [-0.3, -0.25) is 9.52 Å². The van der Waals surface area contributed by atoms with E-state index in [1.165, 1.54) is 11.3 Å². The molecule has 6 nitrogen and oxygen atoms in total. The molecule has 1 aromatic heterocycles. The second-order valence-electron chi connectivity index (χ2n) is 5.80. The molecule has 0 aliphatic carbocycles. The zero-order valence-electron chi connectivity index (χ0n) is 14.3. The van der Waals surface area contributed by atoms with Crippen LogP contribution in [0.5, 0.6) is 0 Å². The Labute approximate surface area is 166 Å². The average molecular weight is 422 g/mol. The first-order valence-electron chi connectivity index (χ1n) is 7.87. The number of benzene rings is 2. The Morgan fingerprint density at radius 2 is 1.89 bits per heavy atom. The minimum atomic E-state index is -3.38. The van der Waals surface area contributed by atoms with Gasteiger partial charge >= 0.3 is 0 Å². The largest absolute Gasteiger partial charge is 0.326 e. The van der Waals surface area contributed by atoms with E-state index in [1.54, 1.807) is 30.3 Å². The Kier molecular flexibility index (Phi) is 5.79. The lowest BCUT2D eigenvalue weighted by atomic mass is 10.2. The van der Waals surface area contributed by atoms with Crippen molar-refractivity contribution in [1.82, 2.24) is 4.98 Å². The molecule has 2 aromatic carbocycles. The van der Waals surface area contributed by atoms with Gasteiger partial charge < -0.3 is 5.32 Å². The minimum Gasteiger partial charge on any atom is -0.326 e. The molecular formula is C18H16ClN3O3S2. The van der Waals surface area contributed by atoms with E-state index in [0.717, 1.165) is 16.8 Å². The van der Waals surface area contributed by atoms with Crippen LogP contribution in [0.4, 0.5) is 11.4 Å². The van der Waals surface area contributed by atoms with Crippen molar-refractivity contribution < 1.29 is 13.2 Å². The van der Waals surface area contributed by atoms with Crippen LogP contribution in [0.25, 0.3) is 10.6 Å². The van der Waals surface area contributed by atoms with Crippen molar-refractivity contribution in [2.75, 3.05) is 16.3 Å². The van der Waals surface area contributed by atoms with E-state index in [9.17, 15) is 13.2 Å². The highest BCUT2D eigenvalue weighted by Crippen LogP contribution is 2.30. The molecule has 3 aromatic rings. The van der Waals surface area contributed by atoms with Crippen LogP contribution in [0.15, 0.2) is 53.9 Å². The van der Waals surface area contributed by atoms with Gasteiger partial charge in [-0.1, -0.05) is 35.9 Å². The van der Waals surface area contributed by atoms with Crippen LogP contribution < -0.4 is 10.0 Å². The van der Waals surface area contributed by atoms with Crippen molar-refractivity contribution in [1.29, 1.82) is 0 Å². The van der Waals surface area contributed by atoms with Crippen LogP contribution in [-0.4, -0.2) is 25.6 Å². The maximum atomic E-state index is 12.3. The fourth-order valence-electron chi connectivity index (χ4n) is 2.39. The van der Waals surface area contributed by atoms with E-state index in [4.69, 9.17) is 11.6 Å². The normalized spacial score (nSPS) is 11.2. The number of amides is 1. The molecule has 0 aliphatic rings. The molecular weight excluding hydrogens is 406 g/mol. The Morgan fingerprint density at radius 3 is 2.63 bits per heavy atom. The summed E-state index contributed by atoms with van der Waals surface area (Å²) in [6.07, 6.45) is 1.17. The highest BCUT2D eigenvalue weighted by molar-refractivity contribution is 7.92. The molecule has 0 atom stereocenters. The summed E-state index contributed by atoms with van der Waals surface area (Å²) < 4.78 is 25.0. The third-order valence-corrected chi connectivity index (χ3v) is 5.31. The molecule has 2 N–H and O–H groups in total. The smallest absolute Gasteiger partial charge is 0.230 e. The first-order valence-corrected chi connectivity index (χ1v) is 11.0.